The Labute approximate surface area is 126 Å². The molecule has 0 atom stereocenters. The van der Waals surface area contributed by atoms with Crippen LogP contribution in [0.15, 0.2) is 48.8 Å². The second-order valence-corrected chi connectivity index (χ2v) is 5.60. The van der Waals surface area contributed by atoms with Crippen LogP contribution in [-0.4, -0.2) is 24.6 Å². The van der Waals surface area contributed by atoms with Crippen molar-refractivity contribution in [2.24, 2.45) is 5.92 Å². The molecule has 0 radical (unpaired) electrons. The summed E-state index contributed by atoms with van der Waals surface area (Å²) in [5, 5.41) is 3.48. The number of nitrogens with one attached hydrogen (secondary N) is 1. The van der Waals surface area contributed by atoms with E-state index in [1.54, 1.807) is 0 Å². The number of nitrogen functional groups attached to an aromatic ring is 1. The Morgan fingerprint density at radius 1 is 1.10 bits per heavy atom. The van der Waals surface area contributed by atoms with Crippen LogP contribution in [0.3, 0.4) is 0 Å². The topological polar surface area (TPSA) is 54.2 Å². The van der Waals surface area contributed by atoms with Crippen LogP contribution in [0.1, 0.15) is 12.8 Å². The van der Waals surface area contributed by atoms with E-state index in [1.165, 1.54) is 18.5 Å². The summed E-state index contributed by atoms with van der Waals surface area (Å²) in [6.45, 7) is 3.22. The molecule has 0 amide bonds. The normalized spacial score (nSPS) is 15.9. The van der Waals surface area contributed by atoms with Crippen LogP contribution < -0.4 is 16.0 Å². The van der Waals surface area contributed by atoms with Gasteiger partial charge in [-0.25, -0.2) is 0 Å². The van der Waals surface area contributed by atoms with Gasteiger partial charge in [-0.2, -0.15) is 0 Å². The van der Waals surface area contributed by atoms with Crippen molar-refractivity contribution in [2.75, 3.05) is 35.6 Å². The van der Waals surface area contributed by atoms with E-state index in [1.807, 2.05) is 36.7 Å². The van der Waals surface area contributed by atoms with Crippen molar-refractivity contribution >= 4 is 17.1 Å². The summed E-state index contributed by atoms with van der Waals surface area (Å²) in [5.41, 5.74) is 9.11. The average Bonchev–Trinajstić information content (AvgIpc) is 2.55. The molecule has 3 N–H and O–H groups in total. The highest BCUT2D eigenvalue weighted by Gasteiger charge is 2.19. The van der Waals surface area contributed by atoms with Gasteiger partial charge >= 0.3 is 0 Å². The standard InChI is InChI=1S/C17H22N4/c18-16-3-1-2-4-17(16)20-13-14-7-11-21(12-8-14)15-5-9-19-10-6-15/h1-6,9-10,14,20H,7-8,11-13,18H2. The van der Waals surface area contributed by atoms with E-state index in [2.05, 4.69) is 27.3 Å². The highest BCUT2D eigenvalue weighted by molar-refractivity contribution is 5.65. The van der Waals surface area contributed by atoms with Gasteiger partial charge in [0.15, 0.2) is 0 Å². The van der Waals surface area contributed by atoms with Gasteiger partial charge in [0.2, 0.25) is 0 Å². The SMILES string of the molecule is Nc1ccccc1NCC1CCN(c2ccncc2)CC1. The molecule has 2 heterocycles. The lowest BCUT2D eigenvalue weighted by atomic mass is 9.96. The maximum Gasteiger partial charge on any atom is 0.0573 e. The Kier molecular flexibility index (Phi) is 4.24. The first kappa shape index (κ1) is 13.7. The summed E-state index contributed by atoms with van der Waals surface area (Å²) < 4.78 is 0. The zero-order valence-corrected chi connectivity index (χ0v) is 12.2. The molecule has 4 heteroatoms. The minimum absolute atomic E-state index is 0.711. The van der Waals surface area contributed by atoms with Gasteiger partial charge in [0.1, 0.15) is 0 Å². The van der Waals surface area contributed by atoms with Crippen LogP contribution in [0.2, 0.25) is 0 Å². The Morgan fingerprint density at radius 3 is 2.52 bits per heavy atom. The maximum absolute atomic E-state index is 5.96. The second-order valence-electron chi connectivity index (χ2n) is 5.60. The van der Waals surface area contributed by atoms with Crippen molar-refractivity contribution in [1.29, 1.82) is 0 Å². The van der Waals surface area contributed by atoms with E-state index in [-0.39, 0.29) is 0 Å². The summed E-state index contributed by atoms with van der Waals surface area (Å²) in [7, 11) is 0. The molecule has 1 aromatic heterocycles. The molecular formula is C17H22N4. The van der Waals surface area contributed by atoms with Crippen molar-refractivity contribution in [3.05, 3.63) is 48.8 Å². The van der Waals surface area contributed by atoms with Gasteiger partial charge in [0.05, 0.1) is 11.4 Å². The maximum atomic E-state index is 5.96. The van der Waals surface area contributed by atoms with E-state index in [4.69, 9.17) is 5.73 Å². The molecule has 1 aromatic carbocycles. The number of rotatable bonds is 4. The molecule has 3 rings (SSSR count). The van der Waals surface area contributed by atoms with Crippen molar-refractivity contribution < 1.29 is 0 Å². The fraction of sp³-hybridized carbons (Fsp3) is 0.353. The van der Waals surface area contributed by atoms with Crippen LogP contribution in [0.4, 0.5) is 17.1 Å². The summed E-state index contributed by atoms with van der Waals surface area (Å²) in [6, 6.07) is 12.1. The molecule has 0 spiro atoms. The predicted molar refractivity (Wildman–Crippen MR) is 88.5 cm³/mol. The lowest BCUT2D eigenvalue weighted by molar-refractivity contribution is 0.423. The first-order valence-corrected chi connectivity index (χ1v) is 7.56. The number of hydrogen-bond donors (Lipinski definition) is 2. The lowest BCUT2D eigenvalue weighted by Crippen LogP contribution is -2.35. The smallest absolute Gasteiger partial charge is 0.0573 e. The first-order chi connectivity index (χ1) is 10.3. The van der Waals surface area contributed by atoms with Gasteiger partial charge < -0.3 is 16.0 Å². The number of para-hydroxylation sites is 2. The minimum atomic E-state index is 0.711. The fourth-order valence-electron chi connectivity index (χ4n) is 2.86. The average molecular weight is 282 g/mol. The first-order valence-electron chi connectivity index (χ1n) is 7.56. The molecule has 0 aliphatic carbocycles. The van der Waals surface area contributed by atoms with Gasteiger partial charge in [0, 0.05) is 37.7 Å². The van der Waals surface area contributed by atoms with Crippen LogP contribution in [0, 0.1) is 5.92 Å². The molecule has 0 saturated carbocycles. The molecule has 21 heavy (non-hydrogen) atoms. The molecule has 1 aliphatic heterocycles. The Bertz CT molecular complexity index is 562. The van der Waals surface area contributed by atoms with E-state index in [9.17, 15) is 0 Å². The Balaban J connectivity index is 1.49. The molecule has 1 saturated heterocycles. The highest BCUT2D eigenvalue weighted by atomic mass is 15.1. The van der Waals surface area contributed by atoms with Crippen molar-refractivity contribution in [3.63, 3.8) is 0 Å². The number of aromatic nitrogens is 1. The number of piperidine rings is 1. The van der Waals surface area contributed by atoms with Crippen molar-refractivity contribution in [1.82, 2.24) is 4.98 Å². The molecule has 0 unspecified atom stereocenters. The number of nitrogens with two attached hydrogens (primary N) is 1. The highest BCUT2D eigenvalue weighted by Crippen LogP contribution is 2.24. The largest absolute Gasteiger partial charge is 0.397 e. The van der Waals surface area contributed by atoms with Crippen molar-refractivity contribution in [3.8, 4) is 0 Å². The van der Waals surface area contributed by atoms with E-state index in [0.29, 0.717) is 5.92 Å². The van der Waals surface area contributed by atoms with Gasteiger partial charge in [0.25, 0.3) is 0 Å². The Morgan fingerprint density at radius 2 is 1.81 bits per heavy atom. The fourth-order valence-corrected chi connectivity index (χ4v) is 2.86. The van der Waals surface area contributed by atoms with Crippen LogP contribution in [0.5, 0.6) is 0 Å². The number of hydrogen-bond acceptors (Lipinski definition) is 4. The number of anilines is 3. The van der Waals surface area contributed by atoms with Crippen LogP contribution >= 0.6 is 0 Å². The molecule has 0 bridgehead atoms. The van der Waals surface area contributed by atoms with E-state index in [0.717, 1.165) is 31.0 Å². The van der Waals surface area contributed by atoms with Gasteiger partial charge in [-0.1, -0.05) is 12.1 Å². The zero-order valence-electron chi connectivity index (χ0n) is 12.2. The van der Waals surface area contributed by atoms with Gasteiger partial charge in [-0.05, 0) is 43.0 Å². The van der Waals surface area contributed by atoms with Crippen molar-refractivity contribution in [2.45, 2.75) is 12.8 Å². The number of benzene rings is 1. The Hall–Kier alpha value is -2.23. The second kappa shape index (κ2) is 6.48. The van der Waals surface area contributed by atoms with E-state index >= 15 is 0 Å². The summed E-state index contributed by atoms with van der Waals surface area (Å²) in [4.78, 5) is 6.52. The summed E-state index contributed by atoms with van der Waals surface area (Å²) >= 11 is 0. The summed E-state index contributed by atoms with van der Waals surface area (Å²) in [6.07, 6.45) is 6.15. The lowest BCUT2D eigenvalue weighted by Gasteiger charge is -2.33. The predicted octanol–water partition coefficient (Wildman–Crippen LogP) is 2.99. The van der Waals surface area contributed by atoms with Gasteiger partial charge in [-0.15, -0.1) is 0 Å². The van der Waals surface area contributed by atoms with Crippen LogP contribution in [-0.2, 0) is 0 Å². The molecule has 110 valence electrons. The third-order valence-electron chi connectivity index (χ3n) is 4.18. The zero-order chi connectivity index (χ0) is 14.5. The van der Waals surface area contributed by atoms with Gasteiger partial charge in [-0.3, -0.25) is 4.98 Å². The molecule has 2 aromatic rings. The monoisotopic (exact) mass is 282 g/mol. The number of nitrogens with zero attached hydrogens (tertiary/aromatic N) is 2. The summed E-state index contributed by atoms with van der Waals surface area (Å²) in [5.74, 6) is 0.711. The van der Waals surface area contributed by atoms with E-state index < -0.39 is 0 Å². The molecule has 1 aliphatic rings. The quantitative estimate of drug-likeness (QED) is 0.846. The molecule has 4 nitrogen and oxygen atoms in total. The minimum Gasteiger partial charge on any atom is -0.397 e. The van der Waals surface area contributed by atoms with Crippen LogP contribution in [0.25, 0.3) is 0 Å². The third-order valence-corrected chi connectivity index (χ3v) is 4.18. The third kappa shape index (κ3) is 3.45. The molecular weight excluding hydrogens is 260 g/mol. The number of pyridine rings is 1. The molecule has 1 fully saturated rings.